The van der Waals surface area contributed by atoms with E-state index in [1.54, 1.807) is 0 Å². The van der Waals surface area contributed by atoms with Gasteiger partial charge in [-0.25, -0.2) is 0 Å². The number of unbranched alkanes of at least 4 members (excludes halogenated alkanes) is 11. The number of ether oxygens (including phenoxy) is 1. The molecule has 0 aromatic rings. The van der Waals surface area contributed by atoms with E-state index in [2.05, 4.69) is 13.8 Å². The van der Waals surface area contributed by atoms with Crippen LogP contribution in [0.2, 0.25) is 0 Å². The summed E-state index contributed by atoms with van der Waals surface area (Å²) in [6.45, 7) is 4.43. The lowest BCUT2D eigenvalue weighted by molar-refractivity contribution is -0.170. The van der Waals surface area contributed by atoms with Crippen LogP contribution in [0.15, 0.2) is 0 Å². The first kappa shape index (κ1) is 22.5. The minimum Gasteiger partial charge on any atom is -0.462 e. The summed E-state index contributed by atoms with van der Waals surface area (Å²) >= 11 is 0. The zero-order chi connectivity index (χ0) is 18.3. The molecule has 3 nitrogen and oxygen atoms in total. The molecule has 0 unspecified atom stereocenters. The van der Waals surface area contributed by atoms with Crippen LogP contribution in [-0.2, 0) is 9.53 Å². The molecule has 0 aliphatic carbocycles. The average Bonchev–Trinajstić information content (AvgIpc) is 2.59. The number of esters is 1. The first-order chi connectivity index (χ1) is 12.2. The monoisotopic (exact) mass is 354 g/mol. The van der Waals surface area contributed by atoms with Crippen LogP contribution in [0.25, 0.3) is 0 Å². The second-order valence-corrected chi connectivity index (χ2v) is 7.93. The Morgan fingerprint density at radius 2 is 1.28 bits per heavy atom. The predicted molar refractivity (Wildman–Crippen MR) is 105 cm³/mol. The maximum Gasteiger partial charge on any atom is 0.311 e. The van der Waals surface area contributed by atoms with Crippen LogP contribution < -0.4 is 0 Å². The molecule has 1 N–H and O–H groups in total. The lowest BCUT2D eigenvalue weighted by Crippen LogP contribution is -2.41. The number of aliphatic hydroxyl groups is 1. The van der Waals surface area contributed by atoms with E-state index in [-0.39, 0.29) is 18.0 Å². The molecule has 1 rings (SSSR count). The average molecular weight is 355 g/mol. The van der Waals surface area contributed by atoms with E-state index in [0.717, 1.165) is 32.1 Å². The summed E-state index contributed by atoms with van der Waals surface area (Å²) in [5.41, 5.74) is 0. The summed E-state index contributed by atoms with van der Waals surface area (Å²) in [4.78, 5) is 12.2. The fourth-order valence-corrected chi connectivity index (χ4v) is 3.85. The second kappa shape index (κ2) is 14.6. The molecular formula is C22H42O3. The van der Waals surface area contributed by atoms with Gasteiger partial charge in [0.15, 0.2) is 0 Å². The third-order valence-corrected chi connectivity index (χ3v) is 5.55. The van der Waals surface area contributed by atoms with E-state index < -0.39 is 6.10 Å². The Hall–Kier alpha value is -0.570. The van der Waals surface area contributed by atoms with Gasteiger partial charge in [0, 0.05) is 6.42 Å². The van der Waals surface area contributed by atoms with E-state index in [1.807, 2.05) is 0 Å². The SMILES string of the molecule is CCCCCCCCCCC[C@H]1C[C@H](O)[C@H](CCCCCC)C(=O)O1. The van der Waals surface area contributed by atoms with Crippen molar-refractivity contribution in [3.05, 3.63) is 0 Å². The van der Waals surface area contributed by atoms with Crippen LogP contribution in [0, 0.1) is 5.92 Å². The van der Waals surface area contributed by atoms with Crippen LogP contribution in [0.1, 0.15) is 117 Å². The van der Waals surface area contributed by atoms with E-state index in [9.17, 15) is 9.90 Å². The fraction of sp³-hybridized carbons (Fsp3) is 0.955. The summed E-state index contributed by atoms with van der Waals surface area (Å²) in [6, 6.07) is 0. The number of carbonyl (C=O) groups is 1. The highest BCUT2D eigenvalue weighted by Gasteiger charge is 2.36. The number of aliphatic hydroxyl groups excluding tert-OH is 1. The maximum absolute atomic E-state index is 12.2. The third-order valence-electron chi connectivity index (χ3n) is 5.55. The number of hydrogen-bond donors (Lipinski definition) is 1. The molecule has 0 aromatic heterocycles. The van der Waals surface area contributed by atoms with Crippen molar-refractivity contribution in [2.24, 2.45) is 5.92 Å². The normalized spacial score (nSPS) is 23.6. The highest BCUT2D eigenvalue weighted by molar-refractivity contribution is 5.74. The van der Waals surface area contributed by atoms with Crippen molar-refractivity contribution in [1.82, 2.24) is 0 Å². The van der Waals surface area contributed by atoms with Crippen molar-refractivity contribution in [1.29, 1.82) is 0 Å². The Morgan fingerprint density at radius 1 is 0.800 bits per heavy atom. The summed E-state index contributed by atoms with van der Waals surface area (Å²) in [5, 5.41) is 10.3. The van der Waals surface area contributed by atoms with Crippen molar-refractivity contribution >= 4 is 5.97 Å². The highest BCUT2D eigenvalue weighted by atomic mass is 16.5. The second-order valence-electron chi connectivity index (χ2n) is 7.93. The van der Waals surface area contributed by atoms with Gasteiger partial charge in [-0.2, -0.15) is 0 Å². The van der Waals surface area contributed by atoms with Gasteiger partial charge in [0.05, 0.1) is 12.0 Å². The molecule has 0 spiro atoms. The first-order valence-electron chi connectivity index (χ1n) is 11.1. The predicted octanol–water partition coefficient (Wildman–Crippen LogP) is 6.17. The molecule has 0 saturated carbocycles. The van der Waals surface area contributed by atoms with Gasteiger partial charge in [-0.05, 0) is 19.3 Å². The largest absolute Gasteiger partial charge is 0.462 e. The Labute approximate surface area is 155 Å². The van der Waals surface area contributed by atoms with Gasteiger partial charge in [0.25, 0.3) is 0 Å². The quantitative estimate of drug-likeness (QED) is 0.282. The lowest BCUT2D eigenvalue weighted by Gasteiger charge is -2.32. The number of cyclic esters (lactones) is 1. The molecule has 0 amide bonds. The van der Waals surface area contributed by atoms with E-state index >= 15 is 0 Å². The Kier molecular flexibility index (Phi) is 13.1. The molecule has 0 bridgehead atoms. The summed E-state index contributed by atoms with van der Waals surface area (Å²) in [7, 11) is 0. The minimum absolute atomic E-state index is 0.0565. The standard InChI is InChI=1S/C22H42O3/c1-3-5-7-9-10-11-12-13-14-16-19-18-21(23)20(22(24)25-19)17-15-8-6-4-2/h19-21,23H,3-18H2,1-2H3/t19-,20-,21-/m0/s1. The van der Waals surface area contributed by atoms with Crippen LogP contribution in [0.4, 0.5) is 0 Å². The third kappa shape index (κ3) is 10.2. The number of carbonyl (C=O) groups excluding carboxylic acids is 1. The number of rotatable bonds is 15. The smallest absolute Gasteiger partial charge is 0.311 e. The molecule has 0 aromatic carbocycles. The van der Waals surface area contributed by atoms with Crippen molar-refractivity contribution in [2.75, 3.05) is 0 Å². The van der Waals surface area contributed by atoms with Crippen LogP contribution in [0.3, 0.4) is 0 Å². The van der Waals surface area contributed by atoms with E-state index in [4.69, 9.17) is 4.74 Å². The number of hydrogen-bond acceptors (Lipinski definition) is 3. The van der Waals surface area contributed by atoms with Crippen LogP contribution in [-0.4, -0.2) is 23.3 Å². The summed E-state index contributed by atoms with van der Waals surface area (Å²) in [6.07, 6.45) is 18.1. The van der Waals surface area contributed by atoms with Crippen LogP contribution in [0.5, 0.6) is 0 Å². The van der Waals surface area contributed by atoms with Crippen LogP contribution >= 0.6 is 0 Å². The molecule has 1 aliphatic rings. The lowest BCUT2D eigenvalue weighted by atomic mass is 9.88. The van der Waals surface area contributed by atoms with Crippen molar-refractivity contribution in [2.45, 2.75) is 129 Å². The molecule has 3 atom stereocenters. The van der Waals surface area contributed by atoms with Gasteiger partial charge in [-0.1, -0.05) is 90.9 Å². The Bertz CT molecular complexity index is 329. The molecule has 148 valence electrons. The van der Waals surface area contributed by atoms with E-state index in [1.165, 1.54) is 64.2 Å². The van der Waals surface area contributed by atoms with Gasteiger partial charge >= 0.3 is 5.97 Å². The zero-order valence-corrected chi connectivity index (χ0v) is 16.8. The van der Waals surface area contributed by atoms with Crippen molar-refractivity contribution in [3.63, 3.8) is 0 Å². The van der Waals surface area contributed by atoms with Crippen molar-refractivity contribution < 1.29 is 14.6 Å². The fourth-order valence-electron chi connectivity index (χ4n) is 3.85. The molecule has 1 fully saturated rings. The minimum atomic E-state index is -0.494. The molecule has 3 heteroatoms. The van der Waals surface area contributed by atoms with Gasteiger partial charge in [0.1, 0.15) is 6.10 Å². The molecular weight excluding hydrogens is 312 g/mol. The molecule has 1 saturated heterocycles. The summed E-state index contributed by atoms with van der Waals surface area (Å²) in [5.74, 6) is -0.438. The maximum atomic E-state index is 12.2. The molecule has 1 heterocycles. The Balaban J connectivity index is 2.06. The van der Waals surface area contributed by atoms with Gasteiger partial charge in [-0.15, -0.1) is 0 Å². The zero-order valence-electron chi connectivity index (χ0n) is 16.8. The van der Waals surface area contributed by atoms with E-state index in [0.29, 0.717) is 6.42 Å². The molecule has 1 aliphatic heterocycles. The highest BCUT2D eigenvalue weighted by Crippen LogP contribution is 2.28. The first-order valence-corrected chi connectivity index (χ1v) is 11.1. The summed E-state index contributed by atoms with van der Waals surface area (Å²) < 4.78 is 5.60. The molecule has 25 heavy (non-hydrogen) atoms. The van der Waals surface area contributed by atoms with Crippen molar-refractivity contribution in [3.8, 4) is 0 Å². The van der Waals surface area contributed by atoms with Gasteiger partial charge in [0.2, 0.25) is 0 Å². The molecule has 0 radical (unpaired) electrons. The van der Waals surface area contributed by atoms with Gasteiger partial charge in [-0.3, -0.25) is 4.79 Å². The van der Waals surface area contributed by atoms with Gasteiger partial charge < -0.3 is 9.84 Å². The topological polar surface area (TPSA) is 46.5 Å². The Morgan fingerprint density at radius 3 is 1.84 bits per heavy atom.